The Bertz CT molecular complexity index is 841. The lowest BCUT2D eigenvalue weighted by Gasteiger charge is -2.12. The molecule has 0 atom stereocenters. The van der Waals surface area contributed by atoms with Crippen LogP contribution >= 0.6 is 0 Å². The maximum atomic E-state index is 14.2. The van der Waals surface area contributed by atoms with Gasteiger partial charge < -0.3 is 4.74 Å². The first kappa shape index (κ1) is 17.5. The molecule has 0 fully saturated rings. The molecule has 0 saturated heterocycles. The number of nitro benzene ring substituents is 1. The molecule has 0 aromatic heterocycles. The van der Waals surface area contributed by atoms with Gasteiger partial charge in [-0.2, -0.15) is 4.39 Å². The minimum absolute atomic E-state index is 0.189. The van der Waals surface area contributed by atoms with Gasteiger partial charge in [0.2, 0.25) is 17.4 Å². The van der Waals surface area contributed by atoms with Crippen LogP contribution in [0, 0.1) is 50.8 Å². The molecule has 2 aromatic rings. The molecule has 11 heteroatoms. The molecule has 0 aliphatic carbocycles. The second-order valence-electron chi connectivity index (χ2n) is 4.30. The van der Waals surface area contributed by atoms with E-state index in [2.05, 4.69) is 4.74 Å². The summed E-state index contributed by atoms with van der Waals surface area (Å²) in [7, 11) is 0.819. The van der Waals surface area contributed by atoms with Crippen molar-refractivity contribution in [3.63, 3.8) is 0 Å². The molecule has 0 heterocycles. The van der Waals surface area contributed by atoms with E-state index in [0.717, 1.165) is 7.11 Å². The zero-order valence-electron chi connectivity index (χ0n) is 11.4. The van der Waals surface area contributed by atoms with Crippen molar-refractivity contribution in [2.45, 2.75) is 0 Å². The summed E-state index contributed by atoms with van der Waals surface area (Å²) in [5.41, 5.74) is -5.28. The summed E-state index contributed by atoms with van der Waals surface area (Å²) in [6, 6.07) is 0.189. The number of benzene rings is 2. The van der Waals surface area contributed by atoms with Crippen LogP contribution in [0.4, 0.5) is 36.4 Å². The van der Waals surface area contributed by atoms with Crippen LogP contribution in [-0.2, 0) is 0 Å². The Labute approximate surface area is 128 Å². The number of nitro groups is 1. The van der Waals surface area contributed by atoms with E-state index >= 15 is 0 Å². The highest BCUT2D eigenvalue weighted by atomic mass is 19.2. The standard InChI is InChI=1S/C13H4F7NO3/c1-24-4-2-3(14)5(9(17)13(4)21(22)23)6-7(15)10(18)12(20)11(19)8(6)16/h2H,1H3. The largest absolute Gasteiger partial charge is 0.490 e. The molecular formula is C13H4F7NO3. The summed E-state index contributed by atoms with van der Waals surface area (Å²) >= 11 is 0. The number of rotatable bonds is 3. The molecule has 0 N–H and O–H groups in total. The number of hydrogen-bond acceptors (Lipinski definition) is 3. The Kier molecular flexibility index (Phi) is 4.36. The third-order valence-electron chi connectivity index (χ3n) is 3.02. The van der Waals surface area contributed by atoms with Gasteiger partial charge >= 0.3 is 5.69 Å². The highest BCUT2D eigenvalue weighted by Gasteiger charge is 2.35. The summed E-state index contributed by atoms with van der Waals surface area (Å²) in [5.74, 6) is -17.5. The predicted molar refractivity (Wildman–Crippen MR) is 64.8 cm³/mol. The van der Waals surface area contributed by atoms with Crippen LogP contribution in [0.15, 0.2) is 6.07 Å². The van der Waals surface area contributed by atoms with E-state index in [-0.39, 0.29) is 6.07 Å². The summed E-state index contributed by atoms with van der Waals surface area (Å²) in [4.78, 5) is 9.42. The van der Waals surface area contributed by atoms with Crippen LogP contribution in [0.5, 0.6) is 5.75 Å². The predicted octanol–water partition coefficient (Wildman–Crippen LogP) is 4.24. The summed E-state index contributed by atoms with van der Waals surface area (Å²) in [5, 5.41) is 10.8. The molecule has 128 valence electrons. The Morgan fingerprint density at radius 2 is 1.29 bits per heavy atom. The van der Waals surface area contributed by atoms with Crippen molar-refractivity contribution in [2.24, 2.45) is 0 Å². The van der Waals surface area contributed by atoms with Crippen LogP contribution in [0.3, 0.4) is 0 Å². The molecule has 2 rings (SSSR count). The van der Waals surface area contributed by atoms with Gasteiger partial charge in [0.15, 0.2) is 23.3 Å². The van der Waals surface area contributed by atoms with Crippen molar-refractivity contribution in [1.29, 1.82) is 0 Å². The quantitative estimate of drug-likeness (QED) is 0.272. The lowest BCUT2D eigenvalue weighted by Crippen LogP contribution is -2.08. The van der Waals surface area contributed by atoms with Crippen molar-refractivity contribution in [3.8, 4) is 16.9 Å². The second kappa shape index (κ2) is 5.98. The molecule has 2 aromatic carbocycles. The average Bonchev–Trinajstić information content (AvgIpc) is 2.52. The summed E-state index contributed by atoms with van der Waals surface area (Å²) < 4.78 is 99.3. The van der Waals surface area contributed by atoms with Crippen LogP contribution in [0.1, 0.15) is 0 Å². The van der Waals surface area contributed by atoms with E-state index in [9.17, 15) is 40.8 Å². The number of halogens is 7. The van der Waals surface area contributed by atoms with Crippen LogP contribution in [0.2, 0.25) is 0 Å². The van der Waals surface area contributed by atoms with Crippen molar-refractivity contribution < 1.29 is 40.4 Å². The van der Waals surface area contributed by atoms with E-state index in [1.807, 2.05) is 0 Å². The van der Waals surface area contributed by atoms with E-state index in [4.69, 9.17) is 0 Å². The maximum absolute atomic E-state index is 14.2. The fourth-order valence-corrected chi connectivity index (χ4v) is 1.97. The normalized spacial score (nSPS) is 10.8. The smallest absolute Gasteiger partial charge is 0.347 e. The van der Waals surface area contributed by atoms with E-state index in [1.165, 1.54) is 0 Å². The van der Waals surface area contributed by atoms with Gasteiger partial charge in [0, 0.05) is 6.07 Å². The van der Waals surface area contributed by atoms with E-state index in [1.54, 1.807) is 0 Å². The third kappa shape index (κ3) is 2.41. The van der Waals surface area contributed by atoms with Gasteiger partial charge in [0.1, 0.15) is 5.82 Å². The van der Waals surface area contributed by atoms with Gasteiger partial charge in [-0.25, -0.2) is 26.3 Å². The van der Waals surface area contributed by atoms with Crippen molar-refractivity contribution in [2.75, 3.05) is 7.11 Å². The Morgan fingerprint density at radius 3 is 1.71 bits per heavy atom. The number of hydrogen-bond donors (Lipinski definition) is 0. The third-order valence-corrected chi connectivity index (χ3v) is 3.02. The molecule has 0 bridgehead atoms. The van der Waals surface area contributed by atoms with Gasteiger partial charge in [0.25, 0.3) is 0 Å². The lowest BCUT2D eigenvalue weighted by molar-refractivity contribution is -0.388. The highest BCUT2D eigenvalue weighted by molar-refractivity contribution is 5.72. The molecule has 0 saturated carbocycles. The van der Waals surface area contributed by atoms with E-state index in [0.29, 0.717) is 0 Å². The summed E-state index contributed by atoms with van der Waals surface area (Å²) in [6.45, 7) is 0. The molecular weight excluding hydrogens is 351 g/mol. The van der Waals surface area contributed by atoms with Gasteiger partial charge in [0.05, 0.1) is 23.2 Å². The highest BCUT2D eigenvalue weighted by Crippen LogP contribution is 2.41. The Hall–Kier alpha value is -2.85. The molecule has 0 aliphatic rings. The fourth-order valence-electron chi connectivity index (χ4n) is 1.97. The van der Waals surface area contributed by atoms with Gasteiger partial charge in [-0.15, -0.1) is 0 Å². The number of nitrogens with zero attached hydrogens (tertiary/aromatic N) is 1. The zero-order valence-corrected chi connectivity index (χ0v) is 11.4. The zero-order chi connectivity index (χ0) is 18.3. The molecule has 0 radical (unpaired) electrons. The summed E-state index contributed by atoms with van der Waals surface area (Å²) in [6.07, 6.45) is 0. The minimum atomic E-state index is -2.54. The molecule has 0 aliphatic heterocycles. The van der Waals surface area contributed by atoms with Crippen LogP contribution in [0.25, 0.3) is 11.1 Å². The molecule has 0 spiro atoms. The first-order chi connectivity index (χ1) is 11.1. The topological polar surface area (TPSA) is 52.4 Å². The molecule has 0 unspecified atom stereocenters. The maximum Gasteiger partial charge on any atom is 0.347 e. The number of ether oxygens (including phenoxy) is 1. The molecule has 4 nitrogen and oxygen atoms in total. The van der Waals surface area contributed by atoms with Gasteiger partial charge in [-0.3, -0.25) is 10.1 Å². The van der Waals surface area contributed by atoms with Crippen molar-refractivity contribution >= 4 is 5.69 Å². The first-order valence-corrected chi connectivity index (χ1v) is 5.85. The van der Waals surface area contributed by atoms with Crippen LogP contribution in [-0.4, -0.2) is 12.0 Å². The SMILES string of the molecule is COc1cc(F)c(-c2c(F)c(F)c(F)c(F)c2F)c(F)c1[N+](=O)[O-]. The first-order valence-electron chi connectivity index (χ1n) is 5.85. The van der Waals surface area contributed by atoms with Crippen LogP contribution < -0.4 is 4.74 Å². The molecule has 0 amide bonds. The monoisotopic (exact) mass is 355 g/mol. The van der Waals surface area contributed by atoms with Gasteiger partial charge in [-0.05, 0) is 0 Å². The second-order valence-corrected chi connectivity index (χ2v) is 4.30. The molecule has 24 heavy (non-hydrogen) atoms. The minimum Gasteiger partial charge on any atom is -0.490 e. The Balaban J connectivity index is 3.00. The van der Waals surface area contributed by atoms with Gasteiger partial charge in [-0.1, -0.05) is 0 Å². The van der Waals surface area contributed by atoms with E-state index < -0.39 is 68.2 Å². The average molecular weight is 355 g/mol. The van der Waals surface area contributed by atoms with Crippen molar-refractivity contribution in [1.82, 2.24) is 0 Å². The lowest BCUT2D eigenvalue weighted by atomic mass is 10.0. The van der Waals surface area contributed by atoms with Crippen molar-refractivity contribution in [3.05, 3.63) is 56.9 Å². The Morgan fingerprint density at radius 1 is 0.833 bits per heavy atom. The number of methoxy groups -OCH3 is 1. The fraction of sp³-hybridized carbons (Fsp3) is 0.0769.